The minimum Gasteiger partial charge on any atom is -0.455 e. The Labute approximate surface area is 168 Å². The van der Waals surface area contributed by atoms with E-state index >= 15 is 0 Å². The number of rotatable bonds is 5. The van der Waals surface area contributed by atoms with E-state index in [4.69, 9.17) is 4.74 Å². The smallest absolute Gasteiger partial charge is 0.312 e. The van der Waals surface area contributed by atoms with Crippen molar-refractivity contribution in [1.82, 2.24) is 14.9 Å². The van der Waals surface area contributed by atoms with Crippen molar-refractivity contribution in [2.75, 3.05) is 13.2 Å². The van der Waals surface area contributed by atoms with Gasteiger partial charge in [-0.05, 0) is 43.7 Å². The van der Waals surface area contributed by atoms with Crippen LogP contribution in [0.3, 0.4) is 0 Å². The van der Waals surface area contributed by atoms with Crippen molar-refractivity contribution in [3.63, 3.8) is 0 Å². The molecule has 28 heavy (non-hydrogen) atoms. The van der Waals surface area contributed by atoms with Gasteiger partial charge in [-0.1, -0.05) is 12.8 Å². The molecular formula is C21H25N3O3S. The molecule has 1 saturated heterocycles. The zero-order chi connectivity index (χ0) is 19.3. The summed E-state index contributed by atoms with van der Waals surface area (Å²) in [7, 11) is 0. The molecule has 0 unspecified atom stereocenters. The van der Waals surface area contributed by atoms with Gasteiger partial charge in [0.2, 0.25) is 0 Å². The molecule has 0 bridgehead atoms. The molecule has 7 heteroatoms. The number of amides is 1. The van der Waals surface area contributed by atoms with Crippen molar-refractivity contribution in [3.8, 4) is 10.6 Å². The fourth-order valence-electron chi connectivity index (χ4n) is 4.37. The predicted molar refractivity (Wildman–Crippen MR) is 107 cm³/mol. The number of nitrogens with zero attached hydrogens (tertiary/aromatic N) is 3. The normalized spacial score (nSPS) is 21.8. The molecule has 0 radical (unpaired) electrons. The molecule has 0 aromatic carbocycles. The van der Waals surface area contributed by atoms with Crippen LogP contribution in [0.15, 0.2) is 29.9 Å². The maximum Gasteiger partial charge on any atom is 0.312 e. The first-order valence-corrected chi connectivity index (χ1v) is 10.9. The van der Waals surface area contributed by atoms with Gasteiger partial charge in [-0.25, -0.2) is 4.98 Å². The van der Waals surface area contributed by atoms with Gasteiger partial charge >= 0.3 is 5.97 Å². The second-order valence-electron chi connectivity index (χ2n) is 7.56. The second kappa shape index (κ2) is 8.82. The van der Waals surface area contributed by atoms with E-state index in [1.807, 2.05) is 22.4 Å². The number of aromatic nitrogens is 2. The molecule has 1 aliphatic carbocycles. The topological polar surface area (TPSA) is 72.4 Å². The molecule has 2 aromatic heterocycles. The molecule has 4 rings (SSSR count). The quantitative estimate of drug-likeness (QED) is 0.720. The third-order valence-corrected chi connectivity index (χ3v) is 6.65. The number of esters is 1. The third kappa shape index (κ3) is 4.41. The Balaban J connectivity index is 1.28. The first-order chi connectivity index (χ1) is 13.7. The lowest BCUT2D eigenvalue weighted by Crippen LogP contribution is -2.50. The standard InChI is InChI=1S/C21H25N3O3S/c25-19(24-10-4-7-15-5-1-2-8-18(15)24)13-27-20(26)11-17-14-28-21(23-17)16-6-3-9-22-12-16/h3,6,9,12,14-15,18H,1-2,4-5,7-8,10-11,13H2/t15-,18+/m0/s1. The average Bonchev–Trinajstić information content (AvgIpc) is 3.20. The van der Waals surface area contributed by atoms with Crippen LogP contribution in [0.5, 0.6) is 0 Å². The van der Waals surface area contributed by atoms with Crippen molar-refractivity contribution >= 4 is 23.2 Å². The van der Waals surface area contributed by atoms with Crippen LogP contribution in [-0.2, 0) is 20.7 Å². The summed E-state index contributed by atoms with van der Waals surface area (Å²) in [5.74, 6) is 0.163. The number of fused-ring (bicyclic) bond motifs is 1. The van der Waals surface area contributed by atoms with Crippen LogP contribution in [0.25, 0.3) is 10.6 Å². The number of hydrogen-bond donors (Lipinski definition) is 0. The van der Waals surface area contributed by atoms with Gasteiger partial charge in [-0.2, -0.15) is 0 Å². The highest BCUT2D eigenvalue weighted by Gasteiger charge is 2.35. The number of hydrogen-bond acceptors (Lipinski definition) is 6. The lowest BCUT2D eigenvalue weighted by atomic mass is 9.78. The van der Waals surface area contributed by atoms with Crippen molar-refractivity contribution in [1.29, 1.82) is 0 Å². The number of likely N-dealkylation sites (tertiary alicyclic amines) is 1. The van der Waals surface area contributed by atoms with E-state index < -0.39 is 5.97 Å². The molecule has 2 atom stereocenters. The van der Waals surface area contributed by atoms with Crippen molar-refractivity contribution in [3.05, 3.63) is 35.6 Å². The fourth-order valence-corrected chi connectivity index (χ4v) is 5.18. The summed E-state index contributed by atoms with van der Waals surface area (Å²) in [6, 6.07) is 4.13. The van der Waals surface area contributed by atoms with E-state index in [1.165, 1.54) is 37.0 Å². The van der Waals surface area contributed by atoms with Gasteiger partial charge in [-0.15, -0.1) is 11.3 Å². The summed E-state index contributed by atoms with van der Waals surface area (Å²) >= 11 is 1.47. The monoisotopic (exact) mass is 399 g/mol. The number of ether oxygens (including phenoxy) is 1. The molecule has 2 aliphatic rings. The molecule has 2 aromatic rings. The van der Waals surface area contributed by atoms with Crippen LogP contribution in [0.2, 0.25) is 0 Å². The number of thiazole rings is 1. The Morgan fingerprint density at radius 3 is 2.93 bits per heavy atom. The molecule has 6 nitrogen and oxygen atoms in total. The van der Waals surface area contributed by atoms with Crippen molar-refractivity contribution in [2.24, 2.45) is 5.92 Å². The minimum atomic E-state index is -0.409. The second-order valence-corrected chi connectivity index (χ2v) is 8.42. The summed E-state index contributed by atoms with van der Waals surface area (Å²) in [5.41, 5.74) is 1.58. The lowest BCUT2D eigenvalue weighted by Gasteiger charge is -2.44. The zero-order valence-electron chi connectivity index (χ0n) is 15.9. The summed E-state index contributed by atoms with van der Waals surface area (Å²) in [4.78, 5) is 35.3. The van der Waals surface area contributed by atoms with E-state index in [0.717, 1.165) is 30.0 Å². The van der Waals surface area contributed by atoms with Crippen LogP contribution in [0.1, 0.15) is 44.2 Å². The lowest BCUT2D eigenvalue weighted by molar-refractivity contribution is -0.154. The van der Waals surface area contributed by atoms with Gasteiger partial charge in [0.25, 0.3) is 5.91 Å². The molecule has 3 heterocycles. The number of piperidine rings is 1. The number of pyridine rings is 1. The van der Waals surface area contributed by atoms with Gasteiger partial charge < -0.3 is 9.64 Å². The Morgan fingerprint density at radius 1 is 1.21 bits per heavy atom. The molecule has 1 aliphatic heterocycles. The molecule has 0 N–H and O–H groups in total. The Hall–Kier alpha value is -2.28. The average molecular weight is 400 g/mol. The van der Waals surface area contributed by atoms with E-state index in [2.05, 4.69) is 9.97 Å². The maximum absolute atomic E-state index is 12.6. The summed E-state index contributed by atoms with van der Waals surface area (Å²) in [6.45, 7) is 0.625. The number of carbonyl (C=O) groups is 2. The van der Waals surface area contributed by atoms with Gasteiger partial charge in [0.15, 0.2) is 6.61 Å². The summed E-state index contributed by atoms with van der Waals surface area (Å²) in [6.07, 6.45) is 10.6. The van der Waals surface area contributed by atoms with Gasteiger partial charge in [0, 0.05) is 35.9 Å². The molecular weight excluding hydrogens is 374 g/mol. The van der Waals surface area contributed by atoms with Crippen LogP contribution >= 0.6 is 11.3 Å². The van der Waals surface area contributed by atoms with Crippen LogP contribution in [0, 0.1) is 5.92 Å². The fraction of sp³-hybridized carbons (Fsp3) is 0.524. The van der Waals surface area contributed by atoms with Crippen molar-refractivity contribution in [2.45, 2.75) is 51.0 Å². The van der Waals surface area contributed by atoms with Gasteiger partial charge in [0.05, 0.1) is 12.1 Å². The molecule has 0 spiro atoms. The third-order valence-electron chi connectivity index (χ3n) is 5.71. The summed E-state index contributed by atoms with van der Waals surface area (Å²) in [5, 5.41) is 2.67. The van der Waals surface area contributed by atoms with Crippen molar-refractivity contribution < 1.29 is 14.3 Å². The Morgan fingerprint density at radius 2 is 2.07 bits per heavy atom. The summed E-state index contributed by atoms with van der Waals surface area (Å²) < 4.78 is 5.28. The molecule has 2 fully saturated rings. The van der Waals surface area contributed by atoms with E-state index in [-0.39, 0.29) is 18.9 Å². The first-order valence-electron chi connectivity index (χ1n) is 10.0. The highest BCUT2D eigenvalue weighted by atomic mass is 32.1. The van der Waals surface area contributed by atoms with Crippen LogP contribution in [0.4, 0.5) is 0 Å². The largest absolute Gasteiger partial charge is 0.455 e. The van der Waals surface area contributed by atoms with E-state index in [1.54, 1.807) is 12.4 Å². The first kappa shape index (κ1) is 19.1. The SMILES string of the molecule is O=C(Cc1csc(-c2cccnc2)n1)OCC(=O)N1CCC[C@@H]2CCCC[C@H]21. The van der Waals surface area contributed by atoms with E-state index in [9.17, 15) is 9.59 Å². The van der Waals surface area contributed by atoms with Crippen LogP contribution in [-0.4, -0.2) is 45.9 Å². The van der Waals surface area contributed by atoms with E-state index in [0.29, 0.717) is 17.7 Å². The minimum absolute atomic E-state index is 0.0562. The predicted octanol–water partition coefficient (Wildman–Crippen LogP) is 3.47. The Bertz CT molecular complexity index is 821. The van der Waals surface area contributed by atoms with Gasteiger partial charge in [-0.3, -0.25) is 14.6 Å². The Kier molecular flexibility index (Phi) is 6.00. The zero-order valence-corrected chi connectivity index (χ0v) is 16.7. The van der Waals surface area contributed by atoms with Gasteiger partial charge in [0.1, 0.15) is 5.01 Å². The van der Waals surface area contributed by atoms with Crippen LogP contribution < -0.4 is 0 Å². The highest BCUT2D eigenvalue weighted by molar-refractivity contribution is 7.13. The molecule has 1 amide bonds. The number of carbonyl (C=O) groups excluding carboxylic acids is 2. The maximum atomic E-state index is 12.6. The molecule has 1 saturated carbocycles. The highest BCUT2D eigenvalue weighted by Crippen LogP contribution is 2.35. The molecule has 148 valence electrons.